The summed E-state index contributed by atoms with van der Waals surface area (Å²) in [4.78, 5) is 0. The van der Waals surface area contributed by atoms with Gasteiger partial charge in [-0.3, -0.25) is 0 Å². The molecule has 0 bridgehead atoms. The predicted octanol–water partition coefficient (Wildman–Crippen LogP) is 22.0. The van der Waals surface area contributed by atoms with Crippen LogP contribution in [0.5, 0.6) is 0 Å². The third kappa shape index (κ3) is 5.42. The van der Waals surface area contributed by atoms with Crippen LogP contribution in [0.3, 0.4) is 0 Å². The van der Waals surface area contributed by atoms with Crippen molar-refractivity contribution in [3.63, 3.8) is 0 Å². The van der Waals surface area contributed by atoms with E-state index in [1.807, 2.05) is 0 Å². The first-order valence-corrected chi connectivity index (χ1v) is 29.7. The van der Waals surface area contributed by atoms with Gasteiger partial charge in [-0.25, -0.2) is 0 Å². The Bertz CT molecular complexity index is 5490. The van der Waals surface area contributed by atoms with E-state index < -0.39 is 10.8 Å². The van der Waals surface area contributed by atoms with Crippen LogP contribution in [-0.4, -0.2) is 0 Å². The Labute approximate surface area is 487 Å². The zero-order valence-corrected chi connectivity index (χ0v) is 47.0. The summed E-state index contributed by atoms with van der Waals surface area (Å²) in [5, 5.41) is 14.8. The van der Waals surface area contributed by atoms with Crippen molar-refractivity contribution in [1.29, 1.82) is 0 Å². The van der Waals surface area contributed by atoms with Crippen LogP contribution in [0.1, 0.15) is 44.5 Å². The fourth-order valence-corrected chi connectivity index (χ4v) is 17.2. The van der Waals surface area contributed by atoms with Gasteiger partial charge in [0, 0.05) is 41.6 Å². The lowest BCUT2D eigenvalue weighted by atomic mass is 9.69. The zero-order chi connectivity index (χ0) is 53.7. The second kappa shape index (κ2) is 16.2. The van der Waals surface area contributed by atoms with E-state index in [-0.39, 0.29) is 0 Å². The molecule has 0 N–H and O–H groups in total. The van der Waals surface area contributed by atoms with Gasteiger partial charge in [0.2, 0.25) is 0 Å². The zero-order valence-electron chi connectivity index (χ0n) is 43.8. The Morgan fingerprint density at radius 1 is 0.256 bits per heavy atom. The van der Waals surface area contributed by atoms with Gasteiger partial charge in [-0.15, -0.1) is 0 Å². The minimum Gasteiger partial charge on any atom is -0.455 e. The highest BCUT2D eigenvalue weighted by Gasteiger charge is 2.56. The van der Waals surface area contributed by atoms with Crippen LogP contribution in [0.25, 0.3) is 131 Å². The van der Waals surface area contributed by atoms with Crippen molar-refractivity contribution in [2.24, 2.45) is 0 Å². The molecule has 2 nitrogen and oxygen atoms in total. The molecule has 14 aromatic carbocycles. The topological polar surface area (TPSA) is 26.3 Å². The first-order valence-electron chi connectivity index (χ1n) is 28.1. The molecule has 0 amide bonds. The normalized spacial score (nSPS) is 14.2. The maximum Gasteiger partial charge on any atom is 0.144 e. The van der Waals surface area contributed by atoms with Crippen molar-refractivity contribution < 1.29 is 8.83 Å². The van der Waals surface area contributed by atoms with Gasteiger partial charge in [0.15, 0.2) is 0 Å². The van der Waals surface area contributed by atoms with E-state index in [4.69, 9.17) is 8.83 Å². The van der Waals surface area contributed by atoms with Crippen LogP contribution in [0, 0.1) is 0 Å². The van der Waals surface area contributed by atoms with E-state index >= 15 is 0 Å². The van der Waals surface area contributed by atoms with E-state index in [1.54, 1.807) is 0 Å². The van der Waals surface area contributed by atoms with Crippen LogP contribution in [0.2, 0.25) is 0 Å². The Kier molecular flexibility index (Phi) is 8.97. The molecule has 0 aliphatic heterocycles. The second-order valence-corrected chi connectivity index (χ2v) is 24.3. The van der Waals surface area contributed by atoms with Crippen LogP contribution in [0.4, 0.5) is 0 Å². The van der Waals surface area contributed by atoms with Gasteiger partial charge >= 0.3 is 0 Å². The predicted molar refractivity (Wildman–Crippen MR) is 345 cm³/mol. The van der Waals surface area contributed by atoms with Crippen molar-refractivity contribution in [3.8, 4) is 44.5 Å². The maximum absolute atomic E-state index is 6.85. The fourth-order valence-electron chi connectivity index (χ4n) is 16.2. The lowest BCUT2D eigenvalue weighted by Gasteiger charge is -2.32. The van der Waals surface area contributed by atoms with Crippen molar-refractivity contribution >= 4 is 119 Å². The van der Waals surface area contributed by atoms with E-state index in [9.17, 15) is 0 Å². The van der Waals surface area contributed by atoms with Crippen LogP contribution in [0.15, 0.2) is 273 Å². The summed E-state index contributed by atoms with van der Waals surface area (Å²) < 4.78 is 15.8. The SMILES string of the molecule is Brc1ccc2c3c(c4ccccc4c2c1)-c1c(cc(Br)c2c1oc1ccccc12)C31c2ccccc2-c2ccccc21.c1ccc2c(c1)-c1ccccc1C21c2ccc3c(oc4ccccc43)c2-c2c1c1ccccc1c1ccccc21. The molecule has 16 aromatic rings. The highest BCUT2D eigenvalue weighted by atomic mass is 79.9. The Balaban J connectivity index is 0.000000122. The quantitative estimate of drug-likeness (QED) is 0.141. The van der Waals surface area contributed by atoms with Crippen molar-refractivity contribution in [3.05, 3.63) is 308 Å². The molecule has 4 aliphatic carbocycles. The molecule has 0 saturated heterocycles. The van der Waals surface area contributed by atoms with Gasteiger partial charge < -0.3 is 8.83 Å². The first-order chi connectivity index (χ1) is 40.5. The Morgan fingerprint density at radius 3 is 1.22 bits per heavy atom. The number of halogens is 2. The summed E-state index contributed by atoms with van der Waals surface area (Å²) >= 11 is 7.84. The molecule has 380 valence electrons. The Morgan fingerprint density at radius 2 is 0.646 bits per heavy atom. The van der Waals surface area contributed by atoms with E-state index in [0.717, 1.165) is 42.0 Å². The van der Waals surface area contributed by atoms with Crippen LogP contribution in [-0.2, 0) is 10.8 Å². The van der Waals surface area contributed by atoms with Gasteiger partial charge in [0.1, 0.15) is 22.3 Å². The number of benzene rings is 14. The van der Waals surface area contributed by atoms with E-state index in [1.165, 1.54) is 143 Å². The van der Waals surface area contributed by atoms with E-state index in [0.29, 0.717) is 0 Å². The highest BCUT2D eigenvalue weighted by molar-refractivity contribution is 9.11. The van der Waals surface area contributed by atoms with Crippen molar-refractivity contribution in [1.82, 2.24) is 0 Å². The van der Waals surface area contributed by atoms with Gasteiger partial charge in [-0.05, 0) is 151 Å². The molecule has 4 aliphatic rings. The summed E-state index contributed by atoms with van der Waals surface area (Å²) in [5.41, 5.74) is 23.8. The number of hydrogen-bond acceptors (Lipinski definition) is 2. The molecule has 0 fully saturated rings. The fraction of sp³-hybridized carbons (Fsp3) is 0.0256. The molecule has 4 heteroatoms. The van der Waals surface area contributed by atoms with Crippen LogP contribution >= 0.6 is 31.9 Å². The minimum atomic E-state index is -0.496. The summed E-state index contributed by atoms with van der Waals surface area (Å²) in [5.74, 6) is 0. The Hall–Kier alpha value is -9.32. The average molecular weight is 1170 g/mol. The number of fused-ring (bicyclic) bond motifs is 38. The molecular weight excluding hydrogens is 1130 g/mol. The maximum atomic E-state index is 6.85. The molecule has 0 radical (unpaired) electrons. The smallest absolute Gasteiger partial charge is 0.144 e. The van der Waals surface area contributed by atoms with E-state index in [2.05, 4.69) is 287 Å². The van der Waals surface area contributed by atoms with Gasteiger partial charge in [-0.1, -0.05) is 256 Å². The third-order valence-electron chi connectivity index (χ3n) is 19.0. The summed E-state index contributed by atoms with van der Waals surface area (Å²) in [6, 6.07) is 93.5. The summed E-state index contributed by atoms with van der Waals surface area (Å²) in [6.07, 6.45) is 0. The van der Waals surface area contributed by atoms with Gasteiger partial charge in [-0.2, -0.15) is 0 Å². The van der Waals surface area contributed by atoms with Gasteiger partial charge in [0.05, 0.1) is 10.8 Å². The monoisotopic (exact) mass is 1170 g/mol. The molecule has 2 heterocycles. The third-order valence-corrected chi connectivity index (χ3v) is 20.2. The molecule has 0 unspecified atom stereocenters. The highest BCUT2D eigenvalue weighted by Crippen LogP contribution is 2.69. The lowest BCUT2D eigenvalue weighted by molar-refractivity contribution is 0.668. The molecule has 0 saturated carbocycles. The number of para-hydroxylation sites is 2. The molecule has 2 spiro atoms. The minimum absolute atomic E-state index is 0.436. The standard InChI is InChI=1S/C39H20Br2O.C39H22O/c40-21-17-18-26-28(19-21)22-9-1-2-12-25(22)35-36-31(20-32(41)34-27-13-5-8-16-33(27)42-38(34)36)39(37(26)35)29-14-6-3-10-23(29)24-11-4-7-15-30(24)39;1-3-16-28-23(11-1)24-12-2-4-17-29(24)37-35(28)36-33(22-21-30-27-15-7-10-20-34(27)40-38(30)36)39(37)31-18-8-5-13-25(31)26-14-6-9-19-32(26)39/h1-20H;1-22H. The molecule has 20 rings (SSSR count). The first kappa shape index (κ1) is 45.4. The molecular formula is C78H42Br2O2. The lowest BCUT2D eigenvalue weighted by Crippen LogP contribution is -2.26. The van der Waals surface area contributed by atoms with Gasteiger partial charge in [0.25, 0.3) is 0 Å². The molecule has 2 aromatic heterocycles. The second-order valence-electron chi connectivity index (χ2n) is 22.6. The molecule has 0 atom stereocenters. The van der Waals surface area contributed by atoms with Crippen LogP contribution < -0.4 is 0 Å². The van der Waals surface area contributed by atoms with Crippen molar-refractivity contribution in [2.75, 3.05) is 0 Å². The summed E-state index contributed by atoms with van der Waals surface area (Å²) in [6.45, 7) is 0. The number of rotatable bonds is 0. The average Bonchev–Trinajstić information content (AvgIpc) is 1.61. The molecule has 82 heavy (non-hydrogen) atoms. The number of furan rings is 2. The van der Waals surface area contributed by atoms with Crippen molar-refractivity contribution in [2.45, 2.75) is 10.8 Å². The number of hydrogen-bond donors (Lipinski definition) is 0. The largest absolute Gasteiger partial charge is 0.455 e. The summed E-state index contributed by atoms with van der Waals surface area (Å²) in [7, 11) is 0.